The minimum Gasteiger partial charge on any atom is -0.435 e. The number of rotatable bonds is 3. The Kier molecular flexibility index (Phi) is 3.93. The molecule has 1 atom stereocenters. The second kappa shape index (κ2) is 6.46. The molecule has 2 aromatic carbocycles. The van der Waals surface area contributed by atoms with E-state index in [1.165, 1.54) is 12.1 Å². The van der Waals surface area contributed by atoms with Gasteiger partial charge in [-0.15, -0.1) is 0 Å². The van der Waals surface area contributed by atoms with Crippen LogP contribution in [0.2, 0.25) is 0 Å². The third-order valence-electron chi connectivity index (χ3n) is 5.72. The van der Waals surface area contributed by atoms with Crippen molar-refractivity contribution in [3.8, 4) is 11.5 Å². The average molecular weight is 365 g/mol. The van der Waals surface area contributed by atoms with Crippen LogP contribution in [-0.4, -0.2) is 41.5 Å². The maximum Gasteiger partial charge on any atom is 0.255 e. The van der Waals surface area contributed by atoms with Crippen molar-refractivity contribution in [3.05, 3.63) is 53.8 Å². The first kappa shape index (κ1) is 16.4. The number of nitrogens with one attached hydrogen (secondary N) is 1. The van der Waals surface area contributed by atoms with Crippen molar-refractivity contribution in [1.82, 2.24) is 15.2 Å². The quantitative estimate of drug-likeness (QED) is 0.772. The number of hydrogen-bond acceptors (Lipinski definition) is 4. The molecule has 138 valence electrons. The van der Waals surface area contributed by atoms with Crippen molar-refractivity contribution in [3.63, 3.8) is 0 Å². The van der Waals surface area contributed by atoms with Crippen molar-refractivity contribution in [1.29, 1.82) is 0 Å². The highest BCUT2D eigenvalue weighted by Crippen LogP contribution is 2.29. The number of halogens is 1. The van der Waals surface area contributed by atoms with Crippen LogP contribution in [0.4, 0.5) is 4.39 Å². The molecule has 27 heavy (non-hydrogen) atoms. The summed E-state index contributed by atoms with van der Waals surface area (Å²) in [6.07, 6.45) is 2.29. The molecule has 0 unspecified atom stereocenters. The molecule has 1 amide bonds. The number of piperidine rings is 3. The number of carbonyl (C=O) groups excluding carboxylic acids is 1. The monoisotopic (exact) mass is 365 g/mol. The summed E-state index contributed by atoms with van der Waals surface area (Å²) < 4.78 is 19.0. The van der Waals surface area contributed by atoms with Gasteiger partial charge in [-0.3, -0.25) is 4.79 Å². The Morgan fingerprint density at radius 3 is 2.63 bits per heavy atom. The molecule has 0 aliphatic carbocycles. The summed E-state index contributed by atoms with van der Waals surface area (Å²) in [4.78, 5) is 19.8. The van der Waals surface area contributed by atoms with Crippen molar-refractivity contribution < 1.29 is 13.6 Å². The highest BCUT2D eigenvalue weighted by atomic mass is 19.1. The first-order valence-corrected chi connectivity index (χ1v) is 9.36. The molecule has 0 saturated carbocycles. The summed E-state index contributed by atoms with van der Waals surface area (Å²) >= 11 is 0. The van der Waals surface area contributed by atoms with Crippen molar-refractivity contribution in [2.45, 2.75) is 18.9 Å². The van der Waals surface area contributed by atoms with E-state index in [-0.39, 0.29) is 17.8 Å². The van der Waals surface area contributed by atoms with E-state index < -0.39 is 0 Å². The Balaban J connectivity index is 1.44. The minimum atomic E-state index is -0.313. The number of hydrogen-bond donors (Lipinski definition) is 1. The molecule has 3 aliphatic rings. The number of fused-ring (bicyclic) bond motifs is 4. The molecule has 3 saturated heterocycles. The zero-order valence-corrected chi connectivity index (χ0v) is 14.8. The Morgan fingerprint density at radius 1 is 1.15 bits per heavy atom. The molecule has 0 spiro atoms. The predicted molar refractivity (Wildman–Crippen MR) is 99.8 cm³/mol. The fraction of sp³-hybridized carbons (Fsp3) is 0.333. The molecular formula is C21H20FN3O2. The van der Waals surface area contributed by atoms with Gasteiger partial charge in [-0.2, -0.15) is 0 Å². The van der Waals surface area contributed by atoms with Gasteiger partial charge in [0.25, 0.3) is 5.91 Å². The van der Waals surface area contributed by atoms with E-state index in [2.05, 4.69) is 15.2 Å². The number of aromatic nitrogens is 1. The van der Waals surface area contributed by atoms with E-state index in [1.54, 1.807) is 18.2 Å². The summed E-state index contributed by atoms with van der Waals surface area (Å²) in [5.41, 5.74) is 2.26. The smallest absolute Gasteiger partial charge is 0.255 e. The van der Waals surface area contributed by atoms with Gasteiger partial charge in [-0.25, -0.2) is 9.37 Å². The largest absolute Gasteiger partial charge is 0.435 e. The first-order chi connectivity index (χ1) is 13.2. The lowest BCUT2D eigenvalue weighted by Gasteiger charge is -2.44. The molecule has 6 rings (SSSR count). The fourth-order valence-electron chi connectivity index (χ4n) is 4.22. The van der Waals surface area contributed by atoms with Crippen LogP contribution in [0.25, 0.3) is 22.6 Å². The van der Waals surface area contributed by atoms with Gasteiger partial charge in [0.1, 0.15) is 11.3 Å². The second-order valence-electron chi connectivity index (χ2n) is 7.40. The second-order valence-corrected chi connectivity index (χ2v) is 7.40. The average Bonchev–Trinajstić information content (AvgIpc) is 3.13. The van der Waals surface area contributed by atoms with Crippen LogP contribution in [-0.2, 0) is 0 Å². The molecule has 5 nitrogen and oxygen atoms in total. The first-order valence-electron chi connectivity index (χ1n) is 9.36. The van der Waals surface area contributed by atoms with E-state index in [9.17, 15) is 9.18 Å². The molecule has 1 N–H and O–H groups in total. The van der Waals surface area contributed by atoms with Gasteiger partial charge in [0, 0.05) is 18.2 Å². The van der Waals surface area contributed by atoms with Crippen LogP contribution in [0.15, 0.2) is 46.9 Å². The van der Waals surface area contributed by atoms with Crippen LogP contribution < -0.4 is 5.32 Å². The van der Waals surface area contributed by atoms with Gasteiger partial charge in [0.2, 0.25) is 5.89 Å². The van der Waals surface area contributed by atoms with Crippen molar-refractivity contribution >= 4 is 17.0 Å². The van der Waals surface area contributed by atoms with E-state index in [0.717, 1.165) is 32.5 Å². The molecule has 3 aliphatic heterocycles. The van der Waals surface area contributed by atoms with E-state index in [1.807, 2.05) is 12.1 Å². The topological polar surface area (TPSA) is 58.4 Å². The predicted octanol–water partition coefficient (Wildman–Crippen LogP) is 3.46. The Hall–Kier alpha value is -2.73. The third kappa shape index (κ3) is 3.00. The zero-order valence-electron chi connectivity index (χ0n) is 14.8. The molecule has 6 heteroatoms. The maximum absolute atomic E-state index is 13.2. The van der Waals surface area contributed by atoms with Crippen molar-refractivity contribution in [2.24, 2.45) is 5.92 Å². The number of amides is 1. The summed E-state index contributed by atoms with van der Waals surface area (Å²) in [6, 6.07) is 11.5. The van der Waals surface area contributed by atoms with E-state index in [0.29, 0.717) is 34.0 Å². The van der Waals surface area contributed by atoms with Gasteiger partial charge in [0.05, 0.1) is 5.56 Å². The molecule has 3 aromatic rings. The molecule has 1 aromatic heterocycles. The van der Waals surface area contributed by atoms with Gasteiger partial charge in [0.15, 0.2) is 5.58 Å². The van der Waals surface area contributed by atoms with Crippen molar-refractivity contribution in [2.75, 3.05) is 19.6 Å². The van der Waals surface area contributed by atoms with Gasteiger partial charge in [-0.1, -0.05) is 6.07 Å². The van der Waals surface area contributed by atoms with E-state index in [4.69, 9.17) is 4.42 Å². The molecule has 0 radical (unpaired) electrons. The summed E-state index contributed by atoms with van der Waals surface area (Å²) in [5.74, 6) is 0.504. The molecular weight excluding hydrogens is 345 g/mol. The Morgan fingerprint density at radius 2 is 1.93 bits per heavy atom. The lowest BCUT2D eigenvalue weighted by Crippen LogP contribution is -2.57. The minimum absolute atomic E-state index is 0.124. The van der Waals surface area contributed by atoms with Crippen LogP contribution in [0.3, 0.4) is 0 Å². The number of benzene rings is 2. The van der Waals surface area contributed by atoms with Crippen LogP contribution in [0.1, 0.15) is 23.2 Å². The lowest BCUT2D eigenvalue weighted by atomic mass is 9.84. The number of oxazole rings is 1. The van der Waals surface area contributed by atoms with Crippen LogP contribution in [0.5, 0.6) is 0 Å². The van der Waals surface area contributed by atoms with E-state index >= 15 is 0 Å². The van der Waals surface area contributed by atoms with Gasteiger partial charge in [-0.05, 0) is 68.2 Å². The third-order valence-corrected chi connectivity index (χ3v) is 5.72. The number of carbonyl (C=O) groups is 1. The highest BCUT2D eigenvalue weighted by molar-refractivity contribution is 6.04. The van der Waals surface area contributed by atoms with Gasteiger partial charge < -0.3 is 14.6 Å². The maximum atomic E-state index is 13.2. The molecule has 3 fully saturated rings. The highest BCUT2D eigenvalue weighted by Gasteiger charge is 2.35. The fourth-order valence-corrected chi connectivity index (χ4v) is 4.22. The summed E-state index contributed by atoms with van der Waals surface area (Å²) in [5, 5.41) is 3.20. The number of nitrogens with zero attached hydrogens (tertiary/aromatic N) is 2. The van der Waals surface area contributed by atoms with Gasteiger partial charge >= 0.3 is 0 Å². The SMILES string of the molecule is O=C(N[C@H]1CN2CCC1CC2)c1cccc2nc(-c3ccc(F)cc3)oc12. The molecule has 4 heterocycles. The lowest BCUT2D eigenvalue weighted by molar-refractivity contribution is 0.0621. The summed E-state index contributed by atoms with van der Waals surface area (Å²) in [6.45, 7) is 3.19. The van der Waals surface area contributed by atoms with Crippen LogP contribution in [0, 0.1) is 11.7 Å². The Labute approximate surface area is 156 Å². The standard InChI is InChI=1S/C21H20FN3O2/c22-15-6-4-14(5-7-15)21-24-17-3-1-2-16(19(17)27-21)20(26)23-18-12-25-10-8-13(18)9-11-25/h1-7,13,18H,8-12H2,(H,23,26)/t18-/m0/s1. The summed E-state index contributed by atoms with van der Waals surface area (Å²) in [7, 11) is 0. The normalized spacial score (nSPS) is 24.3. The number of para-hydroxylation sites is 1. The van der Waals surface area contributed by atoms with Crippen LogP contribution >= 0.6 is 0 Å². The Bertz CT molecular complexity index is 990. The zero-order chi connectivity index (χ0) is 18.4. The molecule has 2 bridgehead atoms.